The van der Waals surface area contributed by atoms with Gasteiger partial charge in [-0.15, -0.1) is 11.3 Å². The van der Waals surface area contributed by atoms with Crippen LogP contribution >= 0.6 is 11.3 Å². The Morgan fingerprint density at radius 2 is 2.22 bits per heavy atom. The molecular weight excluding hydrogens is 245 g/mol. The van der Waals surface area contributed by atoms with E-state index in [4.69, 9.17) is 0 Å². The zero-order chi connectivity index (χ0) is 12.5. The van der Waals surface area contributed by atoms with Crippen LogP contribution in [-0.4, -0.2) is 7.05 Å². The molecule has 0 spiro atoms. The molecule has 0 radical (unpaired) electrons. The van der Waals surface area contributed by atoms with Crippen molar-refractivity contribution in [3.05, 3.63) is 35.0 Å². The predicted molar refractivity (Wildman–Crippen MR) is 75.5 cm³/mol. The van der Waals surface area contributed by atoms with Crippen molar-refractivity contribution >= 4 is 21.4 Å². The van der Waals surface area contributed by atoms with E-state index in [9.17, 15) is 4.39 Å². The van der Waals surface area contributed by atoms with Gasteiger partial charge in [-0.3, -0.25) is 0 Å². The zero-order valence-electron chi connectivity index (χ0n) is 10.6. The molecule has 3 rings (SSSR count). The van der Waals surface area contributed by atoms with E-state index in [1.165, 1.54) is 35.3 Å². The summed E-state index contributed by atoms with van der Waals surface area (Å²) in [6.45, 7) is 0. The van der Waals surface area contributed by atoms with Gasteiger partial charge in [0.2, 0.25) is 0 Å². The first-order valence-corrected chi connectivity index (χ1v) is 7.44. The van der Waals surface area contributed by atoms with Crippen LogP contribution in [0.2, 0.25) is 0 Å². The molecule has 2 aromatic rings. The fourth-order valence-electron chi connectivity index (χ4n) is 2.44. The van der Waals surface area contributed by atoms with Crippen LogP contribution < -0.4 is 5.32 Å². The van der Waals surface area contributed by atoms with Crippen LogP contribution in [0.4, 0.5) is 4.39 Å². The summed E-state index contributed by atoms with van der Waals surface area (Å²) in [4.78, 5) is 1.33. The molecular formula is C15H18FNS. The minimum absolute atomic E-state index is 0.147. The molecule has 0 aliphatic heterocycles. The Bertz CT molecular complexity index is 544. The molecule has 1 unspecified atom stereocenters. The average Bonchev–Trinajstić information content (AvgIpc) is 3.09. The van der Waals surface area contributed by atoms with Gasteiger partial charge in [0.05, 0.1) is 0 Å². The number of halogens is 1. The molecule has 1 heterocycles. The lowest BCUT2D eigenvalue weighted by atomic mass is 10.1. The van der Waals surface area contributed by atoms with Crippen molar-refractivity contribution in [2.75, 3.05) is 7.05 Å². The van der Waals surface area contributed by atoms with Crippen molar-refractivity contribution in [1.82, 2.24) is 5.32 Å². The van der Waals surface area contributed by atoms with Crippen LogP contribution in [0.15, 0.2) is 24.3 Å². The number of fused-ring (bicyclic) bond motifs is 1. The SMILES string of the molecule is CNC(CCC1CC1)c1cc2cc(F)ccc2s1. The maximum atomic E-state index is 13.2. The van der Waals surface area contributed by atoms with Crippen molar-refractivity contribution in [3.63, 3.8) is 0 Å². The highest BCUT2D eigenvalue weighted by Crippen LogP contribution is 2.38. The van der Waals surface area contributed by atoms with Gasteiger partial charge in [0, 0.05) is 15.6 Å². The second-order valence-electron chi connectivity index (χ2n) is 5.19. The average molecular weight is 263 g/mol. The summed E-state index contributed by atoms with van der Waals surface area (Å²) in [5, 5.41) is 4.42. The van der Waals surface area contributed by atoms with Gasteiger partial charge in [-0.2, -0.15) is 0 Å². The van der Waals surface area contributed by atoms with E-state index in [-0.39, 0.29) is 5.82 Å². The van der Waals surface area contributed by atoms with Gasteiger partial charge in [0.1, 0.15) is 5.82 Å². The molecule has 1 saturated carbocycles. The first-order valence-electron chi connectivity index (χ1n) is 6.62. The number of benzene rings is 1. The van der Waals surface area contributed by atoms with Crippen molar-refractivity contribution in [1.29, 1.82) is 0 Å². The summed E-state index contributed by atoms with van der Waals surface area (Å²) in [7, 11) is 2.02. The minimum Gasteiger partial charge on any atom is -0.312 e. The molecule has 1 aromatic carbocycles. The monoisotopic (exact) mass is 263 g/mol. The number of hydrogen-bond acceptors (Lipinski definition) is 2. The molecule has 1 nitrogen and oxygen atoms in total. The molecule has 0 amide bonds. The van der Waals surface area contributed by atoms with Crippen LogP contribution in [-0.2, 0) is 0 Å². The minimum atomic E-state index is -0.147. The third kappa shape index (κ3) is 2.57. The first kappa shape index (κ1) is 12.1. The van der Waals surface area contributed by atoms with E-state index in [2.05, 4.69) is 11.4 Å². The third-order valence-corrected chi connectivity index (χ3v) is 4.98. The van der Waals surface area contributed by atoms with E-state index < -0.39 is 0 Å². The van der Waals surface area contributed by atoms with Gasteiger partial charge < -0.3 is 5.32 Å². The highest BCUT2D eigenvalue weighted by Gasteiger charge is 2.23. The number of thiophene rings is 1. The van der Waals surface area contributed by atoms with E-state index in [0.29, 0.717) is 6.04 Å². The second kappa shape index (κ2) is 4.98. The summed E-state index contributed by atoms with van der Waals surface area (Å²) in [6, 6.07) is 7.61. The predicted octanol–water partition coefficient (Wildman–Crippen LogP) is 4.49. The van der Waals surface area contributed by atoms with Crippen molar-refractivity contribution in [3.8, 4) is 0 Å². The molecule has 96 valence electrons. The molecule has 1 atom stereocenters. The Kier molecular flexibility index (Phi) is 3.35. The first-order chi connectivity index (χ1) is 8.76. The van der Waals surface area contributed by atoms with Crippen molar-refractivity contribution in [2.24, 2.45) is 5.92 Å². The topological polar surface area (TPSA) is 12.0 Å². The smallest absolute Gasteiger partial charge is 0.123 e. The molecule has 1 N–H and O–H groups in total. The van der Waals surface area contributed by atoms with Crippen LogP contribution in [0.25, 0.3) is 10.1 Å². The fraction of sp³-hybridized carbons (Fsp3) is 0.467. The molecule has 3 heteroatoms. The molecule has 1 fully saturated rings. The van der Waals surface area contributed by atoms with Crippen LogP contribution in [0, 0.1) is 11.7 Å². The van der Waals surface area contributed by atoms with Crippen LogP contribution in [0.5, 0.6) is 0 Å². The number of nitrogens with one attached hydrogen (secondary N) is 1. The largest absolute Gasteiger partial charge is 0.312 e. The lowest BCUT2D eigenvalue weighted by Crippen LogP contribution is -2.15. The normalized spacial score (nSPS) is 17.2. The molecule has 18 heavy (non-hydrogen) atoms. The van der Waals surface area contributed by atoms with Gasteiger partial charge >= 0.3 is 0 Å². The van der Waals surface area contributed by atoms with Gasteiger partial charge in [0.25, 0.3) is 0 Å². The van der Waals surface area contributed by atoms with Gasteiger partial charge in [0.15, 0.2) is 0 Å². The standard InChI is InChI=1S/C15H18FNS/c1-17-13(6-4-10-2-3-10)15-9-11-8-12(16)5-7-14(11)18-15/h5,7-10,13,17H,2-4,6H2,1H3. The van der Waals surface area contributed by atoms with Crippen molar-refractivity contribution < 1.29 is 4.39 Å². The van der Waals surface area contributed by atoms with E-state index in [0.717, 1.165) is 11.3 Å². The highest BCUT2D eigenvalue weighted by atomic mass is 32.1. The van der Waals surface area contributed by atoms with E-state index in [1.807, 2.05) is 13.1 Å². The molecule has 1 aromatic heterocycles. The Morgan fingerprint density at radius 3 is 2.94 bits per heavy atom. The molecule has 1 aliphatic carbocycles. The second-order valence-corrected chi connectivity index (χ2v) is 6.31. The van der Waals surface area contributed by atoms with Crippen LogP contribution in [0.3, 0.4) is 0 Å². The molecule has 1 aliphatic rings. The van der Waals surface area contributed by atoms with Gasteiger partial charge in [-0.25, -0.2) is 4.39 Å². The van der Waals surface area contributed by atoms with Gasteiger partial charge in [-0.05, 0) is 55.5 Å². The summed E-state index contributed by atoms with van der Waals surface area (Å²) in [6.07, 6.45) is 5.33. The third-order valence-electron chi connectivity index (χ3n) is 3.75. The number of rotatable bonds is 5. The maximum absolute atomic E-state index is 13.2. The number of hydrogen-bond donors (Lipinski definition) is 1. The maximum Gasteiger partial charge on any atom is 0.123 e. The Morgan fingerprint density at radius 1 is 1.39 bits per heavy atom. The molecule has 0 saturated heterocycles. The van der Waals surface area contributed by atoms with Crippen LogP contribution in [0.1, 0.15) is 36.6 Å². The lowest BCUT2D eigenvalue weighted by Gasteiger charge is -2.13. The summed E-state index contributed by atoms with van der Waals surface area (Å²) in [5.74, 6) is 0.818. The van der Waals surface area contributed by atoms with E-state index in [1.54, 1.807) is 23.5 Å². The summed E-state index contributed by atoms with van der Waals surface area (Å²) < 4.78 is 14.4. The van der Waals surface area contributed by atoms with E-state index >= 15 is 0 Å². The fourth-order valence-corrected chi connectivity index (χ4v) is 3.63. The summed E-state index contributed by atoms with van der Waals surface area (Å²) >= 11 is 1.78. The molecule has 0 bridgehead atoms. The Hall–Kier alpha value is -0.930. The Labute approximate surface area is 111 Å². The quantitative estimate of drug-likeness (QED) is 0.838. The lowest BCUT2D eigenvalue weighted by molar-refractivity contribution is 0.513. The Balaban J connectivity index is 1.81. The van der Waals surface area contributed by atoms with Crippen molar-refractivity contribution in [2.45, 2.75) is 31.7 Å². The zero-order valence-corrected chi connectivity index (χ0v) is 11.4. The highest BCUT2D eigenvalue weighted by molar-refractivity contribution is 7.19. The summed E-state index contributed by atoms with van der Waals surface area (Å²) in [5.41, 5.74) is 0. The van der Waals surface area contributed by atoms with Gasteiger partial charge in [-0.1, -0.05) is 12.8 Å².